The molecule has 134 valence electrons. The van der Waals surface area contributed by atoms with Gasteiger partial charge in [-0.1, -0.05) is 18.2 Å². The molecule has 1 aromatic heterocycles. The van der Waals surface area contributed by atoms with Gasteiger partial charge in [-0.05, 0) is 24.3 Å². The Balaban J connectivity index is 1.69. The molecule has 5 heteroatoms. The smallest absolute Gasteiger partial charge is 0.184 e. The van der Waals surface area contributed by atoms with Gasteiger partial charge in [0.05, 0.1) is 19.9 Å². The lowest BCUT2D eigenvalue weighted by molar-refractivity contribution is 0.355. The molecule has 5 nitrogen and oxygen atoms in total. The van der Waals surface area contributed by atoms with E-state index in [1.54, 1.807) is 14.2 Å². The average Bonchev–Trinajstić information content (AvgIpc) is 2.73. The van der Waals surface area contributed by atoms with Crippen LogP contribution in [-0.4, -0.2) is 45.4 Å². The molecular formula is C21H23N3O2. The van der Waals surface area contributed by atoms with E-state index in [2.05, 4.69) is 51.2 Å². The van der Waals surface area contributed by atoms with Gasteiger partial charge in [0.15, 0.2) is 11.5 Å². The van der Waals surface area contributed by atoms with E-state index in [0.29, 0.717) is 0 Å². The second-order valence-electron chi connectivity index (χ2n) is 6.37. The first-order valence-electron chi connectivity index (χ1n) is 8.85. The first-order valence-corrected chi connectivity index (χ1v) is 8.85. The Kier molecular flexibility index (Phi) is 4.52. The van der Waals surface area contributed by atoms with E-state index >= 15 is 0 Å². The van der Waals surface area contributed by atoms with Gasteiger partial charge in [0.25, 0.3) is 0 Å². The van der Waals surface area contributed by atoms with Crippen LogP contribution >= 0.6 is 0 Å². The number of fused-ring (bicyclic) bond motifs is 1. The molecule has 3 aromatic rings. The van der Waals surface area contributed by atoms with Gasteiger partial charge in [-0.2, -0.15) is 0 Å². The molecule has 1 fully saturated rings. The van der Waals surface area contributed by atoms with Gasteiger partial charge in [0.2, 0.25) is 0 Å². The van der Waals surface area contributed by atoms with Gasteiger partial charge in [-0.15, -0.1) is 0 Å². The molecule has 4 rings (SSSR count). The van der Waals surface area contributed by atoms with Crippen molar-refractivity contribution in [3.63, 3.8) is 0 Å². The number of hydrogen-bond donors (Lipinski definition) is 0. The van der Waals surface area contributed by atoms with Crippen LogP contribution in [0.3, 0.4) is 0 Å². The van der Waals surface area contributed by atoms with Gasteiger partial charge in [-0.3, -0.25) is 4.98 Å². The fourth-order valence-electron chi connectivity index (χ4n) is 3.67. The van der Waals surface area contributed by atoms with Crippen molar-refractivity contribution >= 4 is 22.1 Å². The number of nitrogens with zero attached hydrogens (tertiary/aromatic N) is 3. The van der Waals surface area contributed by atoms with E-state index in [4.69, 9.17) is 9.47 Å². The van der Waals surface area contributed by atoms with Crippen molar-refractivity contribution in [2.75, 3.05) is 50.2 Å². The third kappa shape index (κ3) is 2.90. The fraction of sp³-hybridized carbons (Fsp3) is 0.286. The van der Waals surface area contributed by atoms with Gasteiger partial charge < -0.3 is 19.3 Å². The van der Waals surface area contributed by atoms with Crippen LogP contribution in [0.25, 0.3) is 10.8 Å². The second-order valence-corrected chi connectivity index (χ2v) is 6.37. The molecule has 1 saturated heterocycles. The molecule has 0 spiro atoms. The molecule has 2 aromatic carbocycles. The molecule has 2 heterocycles. The predicted molar refractivity (Wildman–Crippen MR) is 106 cm³/mol. The van der Waals surface area contributed by atoms with Crippen LogP contribution in [0.5, 0.6) is 11.5 Å². The van der Waals surface area contributed by atoms with Crippen LogP contribution in [0.1, 0.15) is 0 Å². The van der Waals surface area contributed by atoms with E-state index in [1.807, 2.05) is 18.5 Å². The van der Waals surface area contributed by atoms with Crippen LogP contribution in [0.2, 0.25) is 0 Å². The minimum Gasteiger partial charge on any atom is -0.493 e. The molecule has 26 heavy (non-hydrogen) atoms. The summed E-state index contributed by atoms with van der Waals surface area (Å²) in [5, 5.41) is 2.21. The summed E-state index contributed by atoms with van der Waals surface area (Å²) in [5.41, 5.74) is 2.37. The number of ether oxygens (including phenoxy) is 2. The Labute approximate surface area is 153 Å². The summed E-state index contributed by atoms with van der Waals surface area (Å²) >= 11 is 0. The number of piperazine rings is 1. The normalized spacial score (nSPS) is 14.5. The van der Waals surface area contributed by atoms with Crippen molar-refractivity contribution in [2.24, 2.45) is 0 Å². The molecule has 0 unspecified atom stereocenters. The van der Waals surface area contributed by atoms with Gasteiger partial charge in [0, 0.05) is 55.0 Å². The highest BCUT2D eigenvalue weighted by molar-refractivity contribution is 5.99. The third-order valence-electron chi connectivity index (χ3n) is 4.97. The summed E-state index contributed by atoms with van der Waals surface area (Å²) in [6.45, 7) is 3.79. The lowest BCUT2D eigenvalue weighted by Gasteiger charge is -2.38. The number of rotatable bonds is 4. The Morgan fingerprint density at radius 2 is 1.62 bits per heavy atom. The first kappa shape index (κ1) is 16.5. The van der Waals surface area contributed by atoms with Gasteiger partial charge in [0.1, 0.15) is 0 Å². The lowest BCUT2D eigenvalue weighted by Crippen LogP contribution is -2.46. The number of anilines is 2. The SMILES string of the molecule is COc1cc2cnccc2c(N2CCN(c3ccccc3)CC2)c1OC. The number of para-hydroxylation sites is 1. The van der Waals surface area contributed by atoms with E-state index in [1.165, 1.54) is 5.69 Å². The van der Waals surface area contributed by atoms with Gasteiger partial charge in [-0.25, -0.2) is 0 Å². The maximum Gasteiger partial charge on any atom is 0.184 e. The standard InChI is InChI=1S/C21H23N3O2/c1-25-19-14-16-15-22-9-8-18(16)20(21(19)26-2)24-12-10-23(11-13-24)17-6-4-3-5-7-17/h3-9,14-15H,10-13H2,1-2H3. The molecule has 0 atom stereocenters. The molecule has 0 saturated carbocycles. The van der Waals surface area contributed by atoms with Crippen molar-refractivity contribution in [2.45, 2.75) is 0 Å². The Bertz CT molecular complexity index is 890. The van der Waals surface area contributed by atoms with E-state index in [0.717, 1.165) is 54.1 Å². The maximum absolute atomic E-state index is 5.74. The Morgan fingerprint density at radius 1 is 0.885 bits per heavy atom. The van der Waals surface area contributed by atoms with Crippen LogP contribution in [0.15, 0.2) is 54.9 Å². The zero-order valence-corrected chi connectivity index (χ0v) is 15.2. The van der Waals surface area contributed by atoms with E-state index < -0.39 is 0 Å². The summed E-state index contributed by atoms with van der Waals surface area (Å²) in [7, 11) is 3.38. The number of aromatic nitrogens is 1. The first-order chi connectivity index (χ1) is 12.8. The topological polar surface area (TPSA) is 37.8 Å². The highest BCUT2D eigenvalue weighted by Gasteiger charge is 2.24. The summed E-state index contributed by atoms with van der Waals surface area (Å²) in [4.78, 5) is 9.07. The van der Waals surface area contributed by atoms with Crippen molar-refractivity contribution in [3.8, 4) is 11.5 Å². The summed E-state index contributed by atoms with van der Waals surface area (Å²) in [6.07, 6.45) is 3.71. The zero-order valence-electron chi connectivity index (χ0n) is 15.2. The monoisotopic (exact) mass is 349 g/mol. The van der Waals surface area contributed by atoms with Crippen molar-refractivity contribution in [3.05, 3.63) is 54.9 Å². The number of hydrogen-bond acceptors (Lipinski definition) is 5. The molecule has 0 radical (unpaired) electrons. The van der Waals surface area contributed by atoms with Crippen molar-refractivity contribution in [1.29, 1.82) is 0 Å². The van der Waals surface area contributed by atoms with Crippen molar-refractivity contribution < 1.29 is 9.47 Å². The Morgan fingerprint density at radius 3 is 2.31 bits per heavy atom. The minimum atomic E-state index is 0.744. The van der Waals surface area contributed by atoms with Gasteiger partial charge >= 0.3 is 0 Å². The summed E-state index contributed by atoms with van der Waals surface area (Å²) in [5.74, 6) is 1.54. The molecule has 0 aliphatic carbocycles. The van der Waals surface area contributed by atoms with Crippen LogP contribution < -0.4 is 19.3 Å². The third-order valence-corrected chi connectivity index (χ3v) is 4.97. The highest BCUT2D eigenvalue weighted by Crippen LogP contribution is 2.43. The summed E-state index contributed by atoms with van der Waals surface area (Å²) < 4.78 is 11.3. The van der Waals surface area contributed by atoms with E-state index in [-0.39, 0.29) is 0 Å². The van der Waals surface area contributed by atoms with Crippen LogP contribution in [0, 0.1) is 0 Å². The van der Waals surface area contributed by atoms with Crippen molar-refractivity contribution in [1.82, 2.24) is 4.98 Å². The minimum absolute atomic E-state index is 0.744. The molecule has 0 amide bonds. The number of methoxy groups -OCH3 is 2. The van der Waals surface area contributed by atoms with Crippen LogP contribution in [-0.2, 0) is 0 Å². The quantitative estimate of drug-likeness (QED) is 0.720. The average molecular weight is 349 g/mol. The molecule has 0 bridgehead atoms. The number of pyridine rings is 1. The largest absolute Gasteiger partial charge is 0.493 e. The maximum atomic E-state index is 5.74. The zero-order chi connectivity index (χ0) is 17.9. The van der Waals surface area contributed by atoms with Crippen LogP contribution in [0.4, 0.5) is 11.4 Å². The second kappa shape index (κ2) is 7.12. The fourth-order valence-corrected chi connectivity index (χ4v) is 3.67. The molecule has 1 aliphatic heterocycles. The lowest BCUT2D eigenvalue weighted by atomic mass is 10.1. The molecule has 1 aliphatic rings. The Hall–Kier alpha value is -2.95. The number of benzene rings is 2. The van der Waals surface area contributed by atoms with E-state index in [9.17, 15) is 0 Å². The molecule has 0 N–H and O–H groups in total. The molecular weight excluding hydrogens is 326 g/mol. The summed E-state index contributed by atoms with van der Waals surface area (Å²) in [6, 6.07) is 14.6. The predicted octanol–water partition coefficient (Wildman–Crippen LogP) is 3.58. The highest BCUT2D eigenvalue weighted by atomic mass is 16.5.